The summed E-state index contributed by atoms with van der Waals surface area (Å²) in [4.78, 5) is 24.4. The highest BCUT2D eigenvalue weighted by Crippen LogP contribution is 2.29. The predicted octanol–water partition coefficient (Wildman–Crippen LogP) is 4.45. The van der Waals surface area contributed by atoms with Gasteiger partial charge in [0, 0.05) is 18.3 Å². The second-order valence-electron chi connectivity index (χ2n) is 6.16. The Bertz CT molecular complexity index is 1120. The molecule has 0 aliphatic rings. The highest BCUT2D eigenvalue weighted by molar-refractivity contribution is 6.04. The summed E-state index contributed by atoms with van der Waals surface area (Å²) < 4.78 is 66.2. The Kier molecular flexibility index (Phi) is 5.49. The molecule has 1 aromatic heterocycles. The van der Waals surface area contributed by atoms with Gasteiger partial charge in [-0.15, -0.1) is 0 Å². The first-order valence-electron chi connectivity index (χ1n) is 8.26. The molecule has 1 N–H and O–H groups in total. The number of pyridine rings is 1. The number of aromatic nitrogens is 1. The van der Waals surface area contributed by atoms with Crippen molar-refractivity contribution in [1.29, 1.82) is 0 Å². The third kappa shape index (κ3) is 4.87. The van der Waals surface area contributed by atoms with Crippen LogP contribution in [0.2, 0.25) is 0 Å². The largest absolute Gasteiger partial charge is 0.416 e. The van der Waals surface area contributed by atoms with E-state index in [-0.39, 0.29) is 23.4 Å². The summed E-state index contributed by atoms with van der Waals surface area (Å²) in [6, 6.07) is 9.34. The normalized spacial score (nSPS) is 11.3. The van der Waals surface area contributed by atoms with Gasteiger partial charge in [0.2, 0.25) is 0 Å². The molecule has 0 aliphatic heterocycles. The Morgan fingerprint density at radius 1 is 1.00 bits per heavy atom. The fourth-order valence-electron chi connectivity index (χ4n) is 2.62. The molecule has 1 amide bonds. The molecule has 0 aliphatic carbocycles. The topological polar surface area (TPSA) is 51.1 Å². The maximum absolute atomic E-state index is 13.7. The van der Waals surface area contributed by atoms with E-state index < -0.39 is 34.8 Å². The molecule has 1 heterocycles. The SMILES string of the molecule is O=C(Nc1ccc(F)cc1F)c1ccc(=O)n(Cc2cccc(C(F)(F)F)c2)c1. The summed E-state index contributed by atoms with van der Waals surface area (Å²) >= 11 is 0. The summed E-state index contributed by atoms with van der Waals surface area (Å²) in [5.74, 6) is -2.56. The van der Waals surface area contributed by atoms with Crippen molar-refractivity contribution >= 4 is 11.6 Å². The van der Waals surface area contributed by atoms with Crippen LogP contribution in [0.25, 0.3) is 0 Å². The van der Waals surface area contributed by atoms with Gasteiger partial charge in [-0.1, -0.05) is 12.1 Å². The van der Waals surface area contributed by atoms with Crippen LogP contribution in [-0.4, -0.2) is 10.5 Å². The van der Waals surface area contributed by atoms with Gasteiger partial charge in [-0.25, -0.2) is 8.78 Å². The van der Waals surface area contributed by atoms with Crippen molar-refractivity contribution in [3.63, 3.8) is 0 Å². The minimum Gasteiger partial charge on any atom is -0.319 e. The molecule has 0 saturated carbocycles. The molecular weight excluding hydrogens is 395 g/mol. The Morgan fingerprint density at radius 3 is 2.45 bits per heavy atom. The summed E-state index contributed by atoms with van der Waals surface area (Å²) in [5, 5.41) is 2.25. The van der Waals surface area contributed by atoms with Crippen LogP contribution in [0.3, 0.4) is 0 Å². The number of nitrogens with zero attached hydrogens (tertiary/aromatic N) is 1. The van der Waals surface area contributed by atoms with E-state index in [2.05, 4.69) is 5.32 Å². The smallest absolute Gasteiger partial charge is 0.319 e. The number of hydrogen-bond acceptors (Lipinski definition) is 2. The van der Waals surface area contributed by atoms with Crippen molar-refractivity contribution in [3.8, 4) is 0 Å². The first kappa shape index (κ1) is 20.2. The van der Waals surface area contributed by atoms with Gasteiger partial charge in [0.25, 0.3) is 11.5 Å². The molecule has 4 nitrogen and oxygen atoms in total. The molecule has 0 unspecified atom stereocenters. The van der Waals surface area contributed by atoms with Crippen LogP contribution < -0.4 is 10.9 Å². The lowest BCUT2D eigenvalue weighted by Gasteiger charge is -2.11. The van der Waals surface area contributed by atoms with Gasteiger partial charge in [-0.3, -0.25) is 9.59 Å². The fraction of sp³-hybridized carbons (Fsp3) is 0.100. The fourth-order valence-corrected chi connectivity index (χ4v) is 2.62. The lowest BCUT2D eigenvalue weighted by Crippen LogP contribution is -2.23. The van der Waals surface area contributed by atoms with Crippen LogP contribution in [0, 0.1) is 11.6 Å². The minimum absolute atomic E-state index is 0.0275. The first-order valence-corrected chi connectivity index (χ1v) is 8.26. The maximum atomic E-state index is 13.7. The number of amides is 1. The predicted molar refractivity (Wildman–Crippen MR) is 95.6 cm³/mol. The van der Waals surface area contributed by atoms with Gasteiger partial charge in [0.1, 0.15) is 11.6 Å². The van der Waals surface area contributed by atoms with E-state index in [1.165, 1.54) is 18.2 Å². The second-order valence-corrected chi connectivity index (χ2v) is 6.16. The summed E-state index contributed by atoms with van der Waals surface area (Å²) in [6.07, 6.45) is -3.37. The van der Waals surface area contributed by atoms with Crippen molar-refractivity contribution in [2.45, 2.75) is 12.7 Å². The van der Waals surface area contributed by atoms with Crippen molar-refractivity contribution in [3.05, 3.63) is 99.5 Å². The molecule has 0 saturated heterocycles. The van der Waals surface area contributed by atoms with E-state index >= 15 is 0 Å². The molecule has 0 bridgehead atoms. The third-order valence-corrected chi connectivity index (χ3v) is 4.03. The Morgan fingerprint density at radius 2 is 1.76 bits per heavy atom. The van der Waals surface area contributed by atoms with Crippen molar-refractivity contribution in [2.24, 2.45) is 0 Å². The zero-order chi connectivity index (χ0) is 21.2. The molecule has 29 heavy (non-hydrogen) atoms. The summed E-state index contributed by atoms with van der Waals surface area (Å²) in [7, 11) is 0. The van der Waals surface area contributed by atoms with Crippen LogP contribution in [-0.2, 0) is 12.7 Å². The number of halogens is 5. The Balaban J connectivity index is 1.85. The monoisotopic (exact) mass is 408 g/mol. The molecule has 0 spiro atoms. The zero-order valence-electron chi connectivity index (χ0n) is 14.6. The number of rotatable bonds is 4. The molecule has 0 radical (unpaired) electrons. The van der Waals surface area contributed by atoms with Crippen LogP contribution in [0.1, 0.15) is 21.5 Å². The number of anilines is 1. The van der Waals surface area contributed by atoms with Gasteiger partial charge >= 0.3 is 6.18 Å². The van der Waals surface area contributed by atoms with Crippen LogP contribution in [0.5, 0.6) is 0 Å². The van der Waals surface area contributed by atoms with Crippen LogP contribution >= 0.6 is 0 Å². The Labute approximate surface area is 161 Å². The molecule has 3 rings (SSSR count). The molecule has 0 atom stereocenters. The molecule has 3 aromatic rings. The molecular formula is C20H13F5N2O2. The first-order chi connectivity index (χ1) is 13.6. The number of alkyl halides is 3. The second kappa shape index (κ2) is 7.86. The maximum Gasteiger partial charge on any atom is 0.416 e. The molecule has 0 fully saturated rings. The minimum atomic E-state index is -4.53. The van der Waals surface area contributed by atoms with Crippen molar-refractivity contribution in [2.75, 3.05) is 5.32 Å². The highest BCUT2D eigenvalue weighted by Gasteiger charge is 2.30. The number of carbonyl (C=O) groups excluding carboxylic acids is 1. The number of nitrogens with one attached hydrogen (secondary N) is 1. The van der Waals surface area contributed by atoms with E-state index in [1.807, 2.05) is 0 Å². The lowest BCUT2D eigenvalue weighted by atomic mass is 10.1. The molecule has 2 aromatic carbocycles. The average Bonchev–Trinajstić information content (AvgIpc) is 2.65. The highest BCUT2D eigenvalue weighted by atomic mass is 19.4. The summed E-state index contributed by atoms with van der Waals surface area (Å²) in [6.45, 7) is -0.200. The molecule has 150 valence electrons. The number of benzene rings is 2. The standard InChI is InChI=1S/C20H13F5N2O2/c21-15-5-6-17(16(22)9-15)26-19(29)13-4-7-18(28)27(11-13)10-12-2-1-3-14(8-12)20(23,24)25/h1-9,11H,10H2,(H,26,29). The number of hydrogen-bond donors (Lipinski definition) is 1. The summed E-state index contributed by atoms with van der Waals surface area (Å²) in [5.41, 5.74) is -1.47. The average molecular weight is 408 g/mol. The van der Waals surface area contributed by atoms with Gasteiger partial charge in [-0.05, 0) is 35.9 Å². The van der Waals surface area contributed by atoms with E-state index in [4.69, 9.17) is 0 Å². The van der Waals surface area contributed by atoms with Crippen LogP contribution in [0.15, 0.2) is 65.6 Å². The Hall–Kier alpha value is -3.49. The van der Waals surface area contributed by atoms with Gasteiger partial charge in [-0.2, -0.15) is 13.2 Å². The quantitative estimate of drug-likeness (QED) is 0.649. The van der Waals surface area contributed by atoms with Gasteiger partial charge < -0.3 is 9.88 Å². The lowest BCUT2D eigenvalue weighted by molar-refractivity contribution is -0.137. The zero-order valence-corrected chi connectivity index (χ0v) is 14.6. The van der Waals surface area contributed by atoms with Gasteiger partial charge in [0.15, 0.2) is 0 Å². The van der Waals surface area contributed by atoms with Crippen molar-refractivity contribution in [1.82, 2.24) is 4.57 Å². The van der Waals surface area contributed by atoms with Crippen LogP contribution in [0.4, 0.5) is 27.6 Å². The van der Waals surface area contributed by atoms with E-state index in [0.29, 0.717) is 6.07 Å². The van der Waals surface area contributed by atoms with E-state index in [0.717, 1.165) is 41.1 Å². The van der Waals surface area contributed by atoms with E-state index in [9.17, 15) is 31.5 Å². The van der Waals surface area contributed by atoms with Gasteiger partial charge in [0.05, 0.1) is 23.4 Å². The van der Waals surface area contributed by atoms with Crippen molar-refractivity contribution < 1.29 is 26.7 Å². The number of carbonyl (C=O) groups is 1. The molecule has 9 heteroatoms. The third-order valence-electron chi connectivity index (χ3n) is 4.03. The van der Waals surface area contributed by atoms with E-state index in [1.54, 1.807) is 0 Å².